The van der Waals surface area contributed by atoms with E-state index < -0.39 is 48.1 Å². The van der Waals surface area contributed by atoms with Crippen molar-refractivity contribution in [1.29, 1.82) is 0 Å². The molecule has 9 nitrogen and oxygen atoms in total. The van der Waals surface area contributed by atoms with Gasteiger partial charge >= 0.3 is 6.09 Å². The van der Waals surface area contributed by atoms with E-state index in [0.717, 1.165) is 11.1 Å². The number of ether oxygens (including phenoxy) is 1. The molecule has 1 aromatic carbocycles. The van der Waals surface area contributed by atoms with Crippen molar-refractivity contribution < 1.29 is 23.9 Å². The molecule has 2 unspecified atom stereocenters. The van der Waals surface area contributed by atoms with Crippen LogP contribution in [0, 0.1) is 13.8 Å². The first-order valence-corrected chi connectivity index (χ1v) is 11.5. The van der Waals surface area contributed by atoms with Crippen molar-refractivity contribution in [2.75, 3.05) is 0 Å². The van der Waals surface area contributed by atoms with Gasteiger partial charge in [0, 0.05) is 12.1 Å². The van der Waals surface area contributed by atoms with Crippen molar-refractivity contribution in [1.82, 2.24) is 15.5 Å². The molecule has 0 aliphatic rings. The highest BCUT2D eigenvalue weighted by molar-refractivity contribution is 5.94. The Morgan fingerprint density at radius 1 is 0.971 bits per heavy atom. The van der Waals surface area contributed by atoms with Gasteiger partial charge < -0.3 is 26.0 Å². The van der Waals surface area contributed by atoms with Gasteiger partial charge in [-0.05, 0) is 67.9 Å². The third-order valence-electron chi connectivity index (χ3n) is 4.72. The summed E-state index contributed by atoms with van der Waals surface area (Å²) in [6.07, 6.45) is -1.29. The van der Waals surface area contributed by atoms with E-state index in [1.807, 2.05) is 45.9 Å². The molecule has 9 heteroatoms. The molecule has 4 N–H and O–H groups in total. The molecular weight excluding hydrogens is 436 g/mol. The van der Waals surface area contributed by atoms with E-state index in [0.29, 0.717) is 5.56 Å². The highest BCUT2D eigenvalue weighted by atomic mass is 16.6. The summed E-state index contributed by atoms with van der Waals surface area (Å²) in [6.45, 7) is 16.1. The molecule has 1 rings (SSSR count). The van der Waals surface area contributed by atoms with Gasteiger partial charge in [-0.3, -0.25) is 14.4 Å². The Morgan fingerprint density at radius 3 is 1.91 bits per heavy atom. The average Bonchev–Trinajstić information content (AvgIpc) is 2.61. The number of alkyl carbamates (subject to hydrolysis) is 1. The summed E-state index contributed by atoms with van der Waals surface area (Å²) in [5.41, 5.74) is 7.09. The minimum Gasteiger partial charge on any atom is -0.444 e. The molecular formula is C25H40N4O5. The fourth-order valence-electron chi connectivity index (χ4n) is 3.68. The van der Waals surface area contributed by atoms with Gasteiger partial charge in [0.25, 0.3) is 0 Å². The van der Waals surface area contributed by atoms with Crippen molar-refractivity contribution in [2.24, 2.45) is 5.73 Å². The molecule has 0 radical (unpaired) electrons. The summed E-state index contributed by atoms with van der Waals surface area (Å²) in [5.74, 6) is -1.74. The fourth-order valence-corrected chi connectivity index (χ4v) is 3.68. The number of nitrogens with zero attached hydrogens (tertiary/aromatic N) is 1. The molecule has 0 aliphatic carbocycles. The predicted octanol–water partition coefficient (Wildman–Crippen LogP) is 2.87. The minimum absolute atomic E-state index is 0.161. The molecule has 190 valence electrons. The molecule has 4 amide bonds. The molecule has 0 saturated heterocycles. The van der Waals surface area contributed by atoms with E-state index in [-0.39, 0.29) is 11.9 Å². The molecule has 0 fully saturated rings. The van der Waals surface area contributed by atoms with Crippen LogP contribution in [0.25, 0.3) is 0 Å². The van der Waals surface area contributed by atoms with E-state index in [1.165, 1.54) is 4.90 Å². The van der Waals surface area contributed by atoms with Crippen LogP contribution in [0.2, 0.25) is 0 Å². The second-order valence-corrected chi connectivity index (χ2v) is 10.2. The number of benzene rings is 1. The van der Waals surface area contributed by atoms with Gasteiger partial charge in [-0.25, -0.2) is 4.79 Å². The number of nitrogens with one attached hydrogen (secondary N) is 2. The van der Waals surface area contributed by atoms with Crippen LogP contribution in [-0.2, 0) is 19.1 Å². The SMILES string of the molecule is Cc1cc(C)cc(C(C(=O)NC(C)C)N(C(=O)C(CC(N)=O)NC(=O)OC(C)(C)C)C(C)C)c1. The van der Waals surface area contributed by atoms with Gasteiger partial charge in [-0.15, -0.1) is 0 Å². The van der Waals surface area contributed by atoms with Crippen molar-refractivity contribution in [3.05, 3.63) is 34.9 Å². The molecule has 0 heterocycles. The second-order valence-electron chi connectivity index (χ2n) is 10.2. The summed E-state index contributed by atoms with van der Waals surface area (Å²) < 4.78 is 5.26. The topological polar surface area (TPSA) is 131 Å². The Balaban J connectivity index is 3.52. The summed E-state index contributed by atoms with van der Waals surface area (Å²) >= 11 is 0. The maximum absolute atomic E-state index is 13.8. The van der Waals surface area contributed by atoms with Crippen LogP contribution in [0.15, 0.2) is 18.2 Å². The smallest absolute Gasteiger partial charge is 0.408 e. The lowest BCUT2D eigenvalue weighted by Crippen LogP contribution is -2.56. The monoisotopic (exact) mass is 476 g/mol. The quantitative estimate of drug-likeness (QED) is 0.504. The molecule has 2 atom stereocenters. The zero-order valence-electron chi connectivity index (χ0n) is 21.8. The van der Waals surface area contributed by atoms with Gasteiger partial charge in [0.05, 0.1) is 6.42 Å². The van der Waals surface area contributed by atoms with Crippen LogP contribution in [0.5, 0.6) is 0 Å². The van der Waals surface area contributed by atoms with Gasteiger partial charge in [0.15, 0.2) is 0 Å². The van der Waals surface area contributed by atoms with Crippen molar-refractivity contribution in [3.8, 4) is 0 Å². The van der Waals surface area contributed by atoms with Crippen molar-refractivity contribution in [3.63, 3.8) is 0 Å². The number of aryl methyl sites for hydroxylation is 2. The van der Waals surface area contributed by atoms with Crippen LogP contribution in [0.1, 0.15) is 77.6 Å². The number of nitrogens with two attached hydrogens (primary N) is 1. The number of hydrogen-bond acceptors (Lipinski definition) is 5. The van der Waals surface area contributed by atoms with Gasteiger partial charge in [0.2, 0.25) is 17.7 Å². The van der Waals surface area contributed by atoms with E-state index in [2.05, 4.69) is 10.6 Å². The lowest BCUT2D eigenvalue weighted by atomic mass is 9.97. The zero-order valence-corrected chi connectivity index (χ0v) is 21.8. The third-order valence-corrected chi connectivity index (χ3v) is 4.72. The summed E-state index contributed by atoms with van der Waals surface area (Å²) in [7, 11) is 0. The Hall–Kier alpha value is -3.10. The van der Waals surface area contributed by atoms with E-state index >= 15 is 0 Å². The number of rotatable bonds is 9. The lowest BCUT2D eigenvalue weighted by molar-refractivity contribution is -0.145. The first-order chi connectivity index (χ1) is 15.5. The first kappa shape index (κ1) is 28.9. The first-order valence-electron chi connectivity index (χ1n) is 11.5. The van der Waals surface area contributed by atoms with Crippen LogP contribution >= 0.6 is 0 Å². The van der Waals surface area contributed by atoms with Gasteiger partial charge in [-0.1, -0.05) is 29.3 Å². The number of hydrogen-bond donors (Lipinski definition) is 3. The Morgan fingerprint density at radius 2 is 1.50 bits per heavy atom. The zero-order chi connectivity index (χ0) is 26.4. The Bertz CT molecular complexity index is 885. The summed E-state index contributed by atoms with van der Waals surface area (Å²) in [5, 5.41) is 5.35. The van der Waals surface area contributed by atoms with Crippen LogP contribution < -0.4 is 16.4 Å². The van der Waals surface area contributed by atoms with E-state index in [9.17, 15) is 19.2 Å². The molecule has 1 aromatic rings. The van der Waals surface area contributed by atoms with Crippen molar-refractivity contribution in [2.45, 2.75) is 98.5 Å². The normalized spacial score (nSPS) is 13.3. The molecule has 0 bridgehead atoms. The summed E-state index contributed by atoms with van der Waals surface area (Å²) in [4.78, 5) is 52.7. The maximum atomic E-state index is 13.8. The van der Waals surface area contributed by atoms with Gasteiger partial charge in [-0.2, -0.15) is 0 Å². The molecule has 34 heavy (non-hydrogen) atoms. The fraction of sp³-hybridized carbons (Fsp3) is 0.600. The summed E-state index contributed by atoms with van der Waals surface area (Å²) in [6, 6.07) is 2.80. The number of carbonyl (C=O) groups excluding carboxylic acids is 4. The minimum atomic E-state index is -1.30. The van der Waals surface area contributed by atoms with Crippen LogP contribution in [0.4, 0.5) is 4.79 Å². The van der Waals surface area contributed by atoms with Crippen molar-refractivity contribution >= 4 is 23.8 Å². The number of primary amides is 1. The standard InChI is InChI=1S/C25H40N4O5/c1-14(2)27-22(31)21(18-11-16(5)10-17(6)12-18)29(15(3)4)23(32)19(13-20(26)30)28-24(33)34-25(7,8)9/h10-12,14-15,19,21H,13H2,1-9H3,(H2,26,30)(H,27,31)(H,28,33). The lowest BCUT2D eigenvalue weighted by Gasteiger charge is -2.37. The number of amides is 4. The van der Waals surface area contributed by atoms with Crippen LogP contribution in [-0.4, -0.2) is 52.4 Å². The molecule has 0 spiro atoms. The highest BCUT2D eigenvalue weighted by Gasteiger charge is 2.38. The molecule has 0 saturated carbocycles. The third kappa shape index (κ3) is 9.03. The molecule has 0 aliphatic heterocycles. The molecule has 0 aromatic heterocycles. The van der Waals surface area contributed by atoms with E-state index in [1.54, 1.807) is 34.6 Å². The predicted molar refractivity (Wildman–Crippen MR) is 131 cm³/mol. The maximum Gasteiger partial charge on any atom is 0.408 e. The van der Waals surface area contributed by atoms with E-state index in [4.69, 9.17) is 10.5 Å². The van der Waals surface area contributed by atoms with Crippen LogP contribution in [0.3, 0.4) is 0 Å². The second kappa shape index (κ2) is 11.9. The Kier molecular flexibility index (Phi) is 10.1. The number of carbonyl (C=O) groups is 4. The van der Waals surface area contributed by atoms with Gasteiger partial charge in [0.1, 0.15) is 17.7 Å². The largest absolute Gasteiger partial charge is 0.444 e. The Labute approximate surface area is 202 Å². The average molecular weight is 477 g/mol. The highest BCUT2D eigenvalue weighted by Crippen LogP contribution is 2.27.